The molecule has 0 spiro atoms. The Hall–Kier alpha value is -0.990. The van der Waals surface area contributed by atoms with E-state index in [9.17, 15) is 8.42 Å². The molecule has 0 aliphatic carbocycles. The first-order chi connectivity index (χ1) is 9.14. The summed E-state index contributed by atoms with van der Waals surface area (Å²) in [4.78, 5) is 3.98. The molecule has 0 atom stereocenters. The molecule has 0 aliphatic heterocycles. The van der Waals surface area contributed by atoms with Crippen LogP contribution in [0.4, 0.5) is 0 Å². The summed E-state index contributed by atoms with van der Waals surface area (Å²) in [7, 11) is -3.13. The predicted molar refractivity (Wildman–Crippen MR) is 74.3 cm³/mol. The lowest BCUT2D eigenvalue weighted by Crippen LogP contribution is -2.28. The highest BCUT2D eigenvalue weighted by molar-refractivity contribution is 7.89. The van der Waals surface area contributed by atoms with E-state index >= 15 is 0 Å². The van der Waals surface area contributed by atoms with Gasteiger partial charge in [0.2, 0.25) is 10.0 Å². The van der Waals surface area contributed by atoms with Gasteiger partial charge in [-0.1, -0.05) is 6.92 Å². The largest absolute Gasteiger partial charge is 0.317 e. The summed E-state index contributed by atoms with van der Waals surface area (Å²) in [6.45, 7) is 4.27. The van der Waals surface area contributed by atoms with E-state index in [-0.39, 0.29) is 5.75 Å². The maximum Gasteiger partial charge on any atom is 0.211 e. The molecular formula is C11H23N5O2S. The summed E-state index contributed by atoms with van der Waals surface area (Å²) in [5.74, 6) is 0.977. The normalized spacial score (nSPS) is 11.8. The van der Waals surface area contributed by atoms with Crippen molar-refractivity contribution in [2.75, 3.05) is 25.4 Å². The molecular weight excluding hydrogens is 266 g/mol. The number of sulfonamides is 1. The fourth-order valence-electron chi connectivity index (χ4n) is 1.63. The number of hydrogen-bond acceptors (Lipinski definition) is 5. The van der Waals surface area contributed by atoms with Crippen LogP contribution in [-0.2, 0) is 16.4 Å². The summed E-state index contributed by atoms with van der Waals surface area (Å²) in [5.41, 5.74) is 0. The zero-order valence-electron chi connectivity index (χ0n) is 11.4. The maximum absolute atomic E-state index is 11.7. The van der Waals surface area contributed by atoms with Crippen LogP contribution in [0.15, 0.2) is 6.33 Å². The van der Waals surface area contributed by atoms with E-state index in [1.54, 1.807) is 0 Å². The van der Waals surface area contributed by atoms with Gasteiger partial charge in [-0.15, -0.1) is 0 Å². The van der Waals surface area contributed by atoms with Gasteiger partial charge in [-0.25, -0.2) is 18.1 Å². The number of nitrogens with zero attached hydrogens (tertiary/aromatic N) is 2. The lowest BCUT2D eigenvalue weighted by atomic mass is 10.3. The van der Waals surface area contributed by atoms with Gasteiger partial charge in [0, 0.05) is 13.0 Å². The van der Waals surface area contributed by atoms with Gasteiger partial charge in [-0.3, -0.25) is 5.10 Å². The van der Waals surface area contributed by atoms with Crippen molar-refractivity contribution < 1.29 is 8.42 Å². The minimum absolute atomic E-state index is 0.195. The van der Waals surface area contributed by atoms with Gasteiger partial charge >= 0.3 is 0 Å². The van der Waals surface area contributed by atoms with E-state index in [1.807, 2.05) is 6.92 Å². The third kappa shape index (κ3) is 7.91. The molecule has 0 aromatic carbocycles. The molecule has 0 aliphatic rings. The average molecular weight is 289 g/mol. The van der Waals surface area contributed by atoms with Crippen molar-refractivity contribution in [3.63, 3.8) is 0 Å². The average Bonchev–Trinajstić information content (AvgIpc) is 2.87. The van der Waals surface area contributed by atoms with Gasteiger partial charge in [0.15, 0.2) is 0 Å². The van der Waals surface area contributed by atoms with Crippen LogP contribution in [-0.4, -0.2) is 49.0 Å². The van der Waals surface area contributed by atoms with Crippen molar-refractivity contribution in [2.24, 2.45) is 0 Å². The van der Waals surface area contributed by atoms with E-state index in [1.165, 1.54) is 6.33 Å². The second-order valence-corrected chi connectivity index (χ2v) is 6.24. The van der Waals surface area contributed by atoms with Crippen LogP contribution in [0.5, 0.6) is 0 Å². The quantitative estimate of drug-likeness (QED) is 0.500. The molecule has 3 N–H and O–H groups in total. The van der Waals surface area contributed by atoms with E-state index in [0.717, 1.165) is 25.3 Å². The SMILES string of the molecule is CCNCCCCS(=O)(=O)NCCCc1ncn[nH]1. The van der Waals surface area contributed by atoms with Crippen molar-refractivity contribution >= 4 is 10.0 Å². The molecule has 1 aromatic heterocycles. The molecule has 19 heavy (non-hydrogen) atoms. The Morgan fingerprint density at radius 1 is 1.26 bits per heavy atom. The third-order valence-corrected chi connectivity index (χ3v) is 4.11. The zero-order valence-corrected chi connectivity index (χ0v) is 12.2. The minimum Gasteiger partial charge on any atom is -0.317 e. The van der Waals surface area contributed by atoms with Crippen LogP contribution in [0.1, 0.15) is 32.0 Å². The molecule has 0 amide bonds. The molecule has 0 radical (unpaired) electrons. The monoisotopic (exact) mass is 289 g/mol. The van der Waals surface area contributed by atoms with Crippen molar-refractivity contribution in [1.82, 2.24) is 25.2 Å². The minimum atomic E-state index is -3.13. The van der Waals surface area contributed by atoms with E-state index < -0.39 is 10.0 Å². The van der Waals surface area contributed by atoms with Crippen molar-refractivity contribution in [3.8, 4) is 0 Å². The Balaban J connectivity index is 2.06. The number of unbranched alkanes of at least 4 members (excludes halogenated alkanes) is 1. The summed E-state index contributed by atoms with van der Waals surface area (Å²) < 4.78 is 25.9. The predicted octanol–water partition coefficient (Wildman–Crippen LogP) is 0.0464. The van der Waals surface area contributed by atoms with Crippen LogP contribution in [0.2, 0.25) is 0 Å². The molecule has 0 saturated carbocycles. The fourth-order valence-corrected chi connectivity index (χ4v) is 2.81. The van der Waals surface area contributed by atoms with Gasteiger partial charge in [-0.05, 0) is 32.4 Å². The molecule has 0 saturated heterocycles. The summed E-state index contributed by atoms with van der Waals surface area (Å²) in [6.07, 6.45) is 4.43. The van der Waals surface area contributed by atoms with Crippen molar-refractivity contribution in [2.45, 2.75) is 32.6 Å². The van der Waals surface area contributed by atoms with E-state index in [0.29, 0.717) is 25.8 Å². The Kier molecular flexibility index (Phi) is 7.61. The number of hydrogen-bond donors (Lipinski definition) is 3. The highest BCUT2D eigenvalue weighted by Crippen LogP contribution is 1.96. The number of aromatic nitrogens is 3. The number of aryl methyl sites for hydroxylation is 1. The van der Waals surface area contributed by atoms with Crippen LogP contribution in [0.3, 0.4) is 0 Å². The smallest absolute Gasteiger partial charge is 0.211 e. The molecule has 1 heterocycles. The second-order valence-electron chi connectivity index (χ2n) is 4.31. The lowest BCUT2D eigenvalue weighted by Gasteiger charge is -2.06. The highest BCUT2D eigenvalue weighted by Gasteiger charge is 2.08. The van der Waals surface area contributed by atoms with Gasteiger partial charge in [0.05, 0.1) is 5.75 Å². The topological polar surface area (TPSA) is 99.8 Å². The van der Waals surface area contributed by atoms with Crippen molar-refractivity contribution in [3.05, 3.63) is 12.2 Å². The summed E-state index contributed by atoms with van der Waals surface area (Å²) in [6, 6.07) is 0. The molecule has 110 valence electrons. The van der Waals surface area contributed by atoms with E-state index in [4.69, 9.17) is 0 Å². The Morgan fingerprint density at radius 3 is 2.79 bits per heavy atom. The second kappa shape index (κ2) is 9.00. The molecule has 0 unspecified atom stereocenters. The van der Waals surface area contributed by atoms with Gasteiger partial charge in [0.1, 0.15) is 12.2 Å². The van der Waals surface area contributed by atoms with Crippen LogP contribution >= 0.6 is 0 Å². The summed E-state index contributed by atoms with van der Waals surface area (Å²) >= 11 is 0. The highest BCUT2D eigenvalue weighted by atomic mass is 32.2. The lowest BCUT2D eigenvalue weighted by molar-refractivity contribution is 0.571. The molecule has 8 heteroatoms. The fraction of sp³-hybridized carbons (Fsp3) is 0.818. The number of rotatable bonds is 11. The Labute approximate surface area is 114 Å². The summed E-state index contributed by atoms with van der Waals surface area (Å²) in [5, 5.41) is 9.65. The first kappa shape index (κ1) is 16.1. The van der Waals surface area contributed by atoms with Gasteiger partial charge in [-0.2, -0.15) is 5.10 Å². The number of aromatic amines is 1. The maximum atomic E-state index is 11.7. The molecule has 0 bridgehead atoms. The van der Waals surface area contributed by atoms with Crippen LogP contribution in [0, 0.1) is 0 Å². The van der Waals surface area contributed by atoms with Crippen LogP contribution in [0.25, 0.3) is 0 Å². The first-order valence-corrected chi connectivity index (χ1v) is 8.31. The molecule has 1 rings (SSSR count). The number of nitrogens with one attached hydrogen (secondary N) is 3. The first-order valence-electron chi connectivity index (χ1n) is 6.66. The molecule has 7 nitrogen and oxygen atoms in total. The van der Waals surface area contributed by atoms with Gasteiger partial charge in [0.25, 0.3) is 0 Å². The Morgan fingerprint density at radius 2 is 2.11 bits per heavy atom. The third-order valence-electron chi connectivity index (χ3n) is 2.64. The van der Waals surface area contributed by atoms with Gasteiger partial charge < -0.3 is 5.32 Å². The zero-order chi connectivity index (χ0) is 14.0. The Bertz CT molecular complexity index is 418. The molecule has 1 aromatic rings. The van der Waals surface area contributed by atoms with E-state index in [2.05, 4.69) is 25.2 Å². The molecule has 0 fully saturated rings. The van der Waals surface area contributed by atoms with Crippen molar-refractivity contribution in [1.29, 1.82) is 0 Å². The standard InChI is InChI=1S/C11H23N5O2S/c1-2-12-7-3-4-9-19(17,18)15-8-5-6-11-13-10-14-16-11/h10,12,15H,2-9H2,1H3,(H,13,14,16). The number of H-pyrrole nitrogens is 1. The van der Waals surface area contributed by atoms with Crippen LogP contribution < -0.4 is 10.0 Å².